The number of rotatable bonds is 8. The van der Waals surface area contributed by atoms with Crippen molar-refractivity contribution in [2.24, 2.45) is 5.92 Å². The number of ether oxygens (including phenoxy) is 3. The van der Waals surface area contributed by atoms with E-state index >= 15 is 0 Å². The first-order valence-corrected chi connectivity index (χ1v) is 14.3. The molecule has 2 aliphatic heterocycles. The van der Waals surface area contributed by atoms with Crippen molar-refractivity contribution in [3.63, 3.8) is 0 Å². The highest BCUT2D eigenvalue weighted by Crippen LogP contribution is 2.42. The van der Waals surface area contributed by atoms with Crippen LogP contribution in [0.1, 0.15) is 35.2 Å². The summed E-state index contributed by atoms with van der Waals surface area (Å²) in [5.74, 6) is 1.14. The van der Waals surface area contributed by atoms with Gasteiger partial charge in [0.1, 0.15) is 11.9 Å². The molecule has 0 N–H and O–H groups in total. The largest absolute Gasteiger partial charge is 0.493 e. The van der Waals surface area contributed by atoms with Gasteiger partial charge in [-0.05, 0) is 71.5 Å². The van der Waals surface area contributed by atoms with Crippen LogP contribution >= 0.6 is 11.8 Å². The Bertz CT molecular complexity index is 1360. The van der Waals surface area contributed by atoms with Crippen LogP contribution in [0.4, 0.5) is 13.2 Å². The summed E-state index contributed by atoms with van der Waals surface area (Å²) in [7, 11) is 3.03. The van der Waals surface area contributed by atoms with E-state index in [1.165, 1.54) is 19.1 Å². The zero-order valence-corrected chi connectivity index (χ0v) is 23.5. The van der Waals surface area contributed by atoms with E-state index in [0.717, 1.165) is 38.7 Å². The van der Waals surface area contributed by atoms with Crippen molar-refractivity contribution in [3.8, 4) is 17.2 Å². The van der Waals surface area contributed by atoms with Gasteiger partial charge in [-0.3, -0.25) is 4.79 Å². The molecule has 212 valence electrons. The van der Waals surface area contributed by atoms with Gasteiger partial charge in [0, 0.05) is 29.5 Å². The van der Waals surface area contributed by atoms with E-state index in [4.69, 9.17) is 14.2 Å². The van der Waals surface area contributed by atoms with Crippen LogP contribution in [0, 0.1) is 5.92 Å². The molecule has 0 saturated carbocycles. The SMILES string of the molecule is COc1ccc(CC2c3cc4c(cc3CCN2C(=O)C(F)(F)F)OC(C(C)CSc2ccccc2)C4)cc1OC. The van der Waals surface area contributed by atoms with Gasteiger partial charge < -0.3 is 19.1 Å². The lowest BCUT2D eigenvalue weighted by Crippen LogP contribution is -2.47. The first-order chi connectivity index (χ1) is 19.2. The third-order valence-electron chi connectivity index (χ3n) is 7.65. The van der Waals surface area contributed by atoms with Crippen molar-refractivity contribution in [2.45, 2.75) is 49.4 Å². The number of amides is 1. The number of benzene rings is 3. The molecular formula is C31H32F3NO4S. The quantitative estimate of drug-likeness (QED) is 0.283. The third kappa shape index (κ3) is 5.89. The van der Waals surface area contributed by atoms with Gasteiger partial charge >= 0.3 is 12.1 Å². The first-order valence-electron chi connectivity index (χ1n) is 13.3. The van der Waals surface area contributed by atoms with E-state index in [1.807, 2.05) is 30.3 Å². The van der Waals surface area contributed by atoms with Crippen LogP contribution < -0.4 is 14.2 Å². The lowest BCUT2D eigenvalue weighted by atomic mass is 9.86. The summed E-state index contributed by atoms with van der Waals surface area (Å²) >= 11 is 1.78. The molecule has 5 rings (SSSR count). The fourth-order valence-electron chi connectivity index (χ4n) is 5.49. The summed E-state index contributed by atoms with van der Waals surface area (Å²) in [5, 5.41) is 0. The summed E-state index contributed by atoms with van der Waals surface area (Å²) < 4.78 is 58.0. The number of thioether (sulfide) groups is 1. The molecule has 40 heavy (non-hydrogen) atoms. The van der Waals surface area contributed by atoms with E-state index in [-0.39, 0.29) is 25.0 Å². The number of methoxy groups -OCH3 is 2. The van der Waals surface area contributed by atoms with Gasteiger partial charge in [0.2, 0.25) is 0 Å². The zero-order valence-electron chi connectivity index (χ0n) is 22.7. The van der Waals surface area contributed by atoms with E-state index in [2.05, 4.69) is 19.1 Å². The maximum atomic E-state index is 13.6. The van der Waals surface area contributed by atoms with Gasteiger partial charge in [0.25, 0.3) is 0 Å². The van der Waals surface area contributed by atoms with Crippen LogP contribution in [0.25, 0.3) is 0 Å². The summed E-state index contributed by atoms with van der Waals surface area (Å²) in [6.45, 7) is 2.14. The van der Waals surface area contributed by atoms with Gasteiger partial charge in [-0.2, -0.15) is 13.2 Å². The number of hydrogen-bond donors (Lipinski definition) is 0. The summed E-state index contributed by atoms with van der Waals surface area (Å²) in [6.07, 6.45) is -3.75. The molecule has 0 saturated heterocycles. The fraction of sp³-hybridized carbons (Fsp3) is 0.387. The van der Waals surface area contributed by atoms with Crippen LogP contribution in [0.15, 0.2) is 65.6 Å². The lowest BCUT2D eigenvalue weighted by Gasteiger charge is -2.38. The minimum atomic E-state index is -4.95. The molecule has 9 heteroatoms. The summed E-state index contributed by atoms with van der Waals surface area (Å²) in [4.78, 5) is 14.7. The third-order valence-corrected chi connectivity index (χ3v) is 8.95. The van der Waals surface area contributed by atoms with Gasteiger partial charge in [-0.15, -0.1) is 11.8 Å². The topological polar surface area (TPSA) is 48.0 Å². The van der Waals surface area contributed by atoms with Gasteiger partial charge in [-0.25, -0.2) is 0 Å². The van der Waals surface area contributed by atoms with E-state index < -0.39 is 18.1 Å². The average molecular weight is 572 g/mol. The predicted molar refractivity (Wildman–Crippen MR) is 148 cm³/mol. The van der Waals surface area contributed by atoms with Crippen molar-refractivity contribution in [2.75, 3.05) is 26.5 Å². The number of carbonyl (C=O) groups excluding carboxylic acids is 1. The maximum absolute atomic E-state index is 13.6. The highest BCUT2D eigenvalue weighted by molar-refractivity contribution is 7.99. The molecule has 3 unspecified atom stereocenters. The number of carbonyl (C=O) groups is 1. The fourth-order valence-corrected chi connectivity index (χ4v) is 6.51. The average Bonchev–Trinajstić information content (AvgIpc) is 3.38. The zero-order chi connectivity index (χ0) is 28.4. The second-order valence-corrected chi connectivity index (χ2v) is 11.4. The van der Waals surface area contributed by atoms with Crippen molar-refractivity contribution in [1.82, 2.24) is 4.90 Å². The molecule has 3 aromatic carbocycles. The molecule has 0 radical (unpaired) electrons. The Hall–Kier alpha value is -3.33. The molecule has 3 atom stereocenters. The van der Waals surface area contributed by atoms with Crippen molar-refractivity contribution < 1.29 is 32.2 Å². The van der Waals surface area contributed by atoms with Crippen molar-refractivity contribution in [1.29, 1.82) is 0 Å². The molecule has 0 bridgehead atoms. The van der Waals surface area contributed by atoms with Crippen LogP contribution in [0.3, 0.4) is 0 Å². The van der Waals surface area contributed by atoms with Crippen LogP contribution in [0.5, 0.6) is 17.2 Å². The van der Waals surface area contributed by atoms with Crippen LogP contribution in [0.2, 0.25) is 0 Å². The number of halogens is 3. The van der Waals surface area contributed by atoms with Crippen molar-refractivity contribution in [3.05, 3.63) is 82.9 Å². The minimum absolute atomic E-state index is 0.0182. The molecule has 2 heterocycles. The normalized spacial score (nSPS) is 18.9. The number of nitrogens with zero attached hydrogens (tertiary/aromatic N) is 1. The Kier molecular flexibility index (Phi) is 8.21. The molecule has 5 nitrogen and oxygen atoms in total. The van der Waals surface area contributed by atoms with Crippen molar-refractivity contribution >= 4 is 17.7 Å². The highest BCUT2D eigenvalue weighted by atomic mass is 32.2. The van der Waals surface area contributed by atoms with Crippen LogP contribution in [-0.2, 0) is 24.1 Å². The monoisotopic (exact) mass is 571 g/mol. The number of fused-ring (bicyclic) bond motifs is 2. The second kappa shape index (κ2) is 11.6. The van der Waals surface area contributed by atoms with Crippen LogP contribution in [-0.4, -0.2) is 49.6 Å². The van der Waals surface area contributed by atoms with E-state index in [9.17, 15) is 18.0 Å². The summed E-state index contributed by atoms with van der Waals surface area (Å²) in [6, 6.07) is 18.6. The second-order valence-electron chi connectivity index (χ2n) is 10.3. The Morgan fingerprint density at radius 1 is 1.05 bits per heavy atom. The maximum Gasteiger partial charge on any atom is 0.471 e. The van der Waals surface area contributed by atoms with Gasteiger partial charge in [0.15, 0.2) is 11.5 Å². The summed E-state index contributed by atoms with van der Waals surface area (Å²) in [5.41, 5.74) is 3.38. The predicted octanol–water partition coefficient (Wildman–Crippen LogP) is 6.67. The Balaban J connectivity index is 1.41. The van der Waals surface area contributed by atoms with Gasteiger partial charge in [-0.1, -0.05) is 31.2 Å². The molecule has 0 aromatic heterocycles. The molecule has 0 spiro atoms. The Labute approximate surface area is 236 Å². The Morgan fingerprint density at radius 3 is 2.50 bits per heavy atom. The molecule has 3 aromatic rings. The number of hydrogen-bond acceptors (Lipinski definition) is 5. The number of alkyl halides is 3. The standard InChI is InChI=1S/C31H32F3NO4S/c1-19(18-40-23-7-5-4-6-8-23)27-17-22-15-24-21(16-28(22)39-27)11-12-35(30(36)31(32,33)34)25(24)13-20-9-10-26(37-2)29(14-20)38-3/h4-10,14-16,19,25,27H,11-13,17-18H2,1-3H3. The van der Waals surface area contributed by atoms with E-state index in [0.29, 0.717) is 24.3 Å². The highest BCUT2D eigenvalue weighted by Gasteiger charge is 2.46. The molecule has 2 aliphatic rings. The smallest absolute Gasteiger partial charge is 0.471 e. The molecule has 1 amide bonds. The minimum Gasteiger partial charge on any atom is -0.493 e. The first kappa shape index (κ1) is 28.2. The Morgan fingerprint density at radius 2 is 1.80 bits per heavy atom. The lowest BCUT2D eigenvalue weighted by molar-refractivity contribution is -0.188. The molecular weight excluding hydrogens is 539 g/mol. The molecule has 0 fully saturated rings. The van der Waals surface area contributed by atoms with E-state index in [1.54, 1.807) is 30.0 Å². The molecule has 0 aliphatic carbocycles. The van der Waals surface area contributed by atoms with Gasteiger partial charge in [0.05, 0.1) is 20.3 Å².